The summed E-state index contributed by atoms with van der Waals surface area (Å²) in [6, 6.07) is 11.4. The number of hydrogen-bond donors (Lipinski definition) is 1. The van der Waals surface area contributed by atoms with Crippen LogP contribution in [0.15, 0.2) is 54.9 Å². The SMILES string of the molecule is Cc1cnn(C)c1-c1cnc2c3ccc(C(C)(C)O)cc3n(C(c3ccc(F)cc3F)C3CCOCC3)c2c1. The molecule has 0 aliphatic carbocycles. The normalized spacial score (nSPS) is 15.9. The fourth-order valence-corrected chi connectivity index (χ4v) is 6.05. The van der Waals surface area contributed by atoms with Gasteiger partial charge in [0.05, 0.1) is 40.1 Å². The number of fused-ring (bicyclic) bond motifs is 3. The lowest BCUT2D eigenvalue weighted by molar-refractivity contribution is 0.0548. The van der Waals surface area contributed by atoms with Crippen LogP contribution in [-0.2, 0) is 17.4 Å². The highest BCUT2D eigenvalue weighted by atomic mass is 19.1. The molecule has 0 radical (unpaired) electrons. The Kier molecular flexibility index (Phi) is 6.27. The second-order valence-corrected chi connectivity index (χ2v) is 11.1. The topological polar surface area (TPSA) is 65.1 Å². The largest absolute Gasteiger partial charge is 0.386 e. The molecule has 4 heterocycles. The zero-order chi connectivity index (χ0) is 27.5. The van der Waals surface area contributed by atoms with Crippen molar-refractivity contribution in [1.82, 2.24) is 19.3 Å². The molecule has 1 fully saturated rings. The van der Waals surface area contributed by atoms with Gasteiger partial charge in [-0.1, -0.05) is 18.2 Å². The number of rotatable bonds is 5. The predicted octanol–water partition coefficient (Wildman–Crippen LogP) is 6.42. The van der Waals surface area contributed by atoms with Gasteiger partial charge in [-0.3, -0.25) is 9.67 Å². The molecule has 1 unspecified atom stereocenters. The molecule has 3 aromatic heterocycles. The highest BCUT2D eigenvalue weighted by molar-refractivity contribution is 6.07. The van der Waals surface area contributed by atoms with Gasteiger partial charge in [0.2, 0.25) is 0 Å². The number of aromatic nitrogens is 4. The summed E-state index contributed by atoms with van der Waals surface area (Å²) in [5.41, 5.74) is 5.45. The van der Waals surface area contributed by atoms with E-state index >= 15 is 4.39 Å². The minimum absolute atomic E-state index is 0.0467. The summed E-state index contributed by atoms with van der Waals surface area (Å²) in [5, 5.41) is 16.2. The highest BCUT2D eigenvalue weighted by Gasteiger charge is 2.33. The number of nitrogens with zero attached hydrogens (tertiary/aromatic N) is 4. The minimum Gasteiger partial charge on any atom is -0.386 e. The molecule has 39 heavy (non-hydrogen) atoms. The summed E-state index contributed by atoms with van der Waals surface area (Å²) in [6.07, 6.45) is 5.15. The quantitative estimate of drug-likeness (QED) is 0.285. The number of ether oxygens (including phenoxy) is 1. The first-order chi connectivity index (χ1) is 18.6. The maximum absolute atomic E-state index is 15.6. The summed E-state index contributed by atoms with van der Waals surface area (Å²) in [6.45, 7) is 6.66. The van der Waals surface area contributed by atoms with Crippen LogP contribution in [0.2, 0.25) is 0 Å². The molecule has 8 heteroatoms. The van der Waals surface area contributed by atoms with Crippen molar-refractivity contribution in [3.63, 3.8) is 0 Å². The molecule has 202 valence electrons. The van der Waals surface area contributed by atoms with E-state index in [9.17, 15) is 9.50 Å². The van der Waals surface area contributed by atoms with Crippen molar-refractivity contribution in [1.29, 1.82) is 0 Å². The van der Waals surface area contributed by atoms with Crippen molar-refractivity contribution in [2.24, 2.45) is 13.0 Å². The lowest BCUT2D eigenvalue weighted by atomic mass is 9.86. The zero-order valence-electron chi connectivity index (χ0n) is 22.6. The van der Waals surface area contributed by atoms with Crippen LogP contribution in [-0.4, -0.2) is 37.7 Å². The Morgan fingerprint density at radius 2 is 1.79 bits per heavy atom. The van der Waals surface area contributed by atoms with Gasteiger partial charge in [-0.15, -0.1) is 0 Å². The second-order valence-electron chi connectivity index (χ2n) is 11.1. The summed E-state index contributed by atoms with van der Waals surface area (Å²) in [5.74, 6) is -1.14. The summed E-state index contributed by atoms with van der Waals surface area (Å²) in [7, 11) is 1.90. The molecule has 1 atom stereocenters. The molecule has 1 aliphatic rings. The van der Waals surface area contributed by atoms with E-state index in [0.29, 0.717) is 18.8 Å². The number of benzene rings is 2. The van der Waals surface area contributed by atoms with E-state index in [0.717, 1.165) is 63.2 Å². The van der Waals surface area contributed by atoms with Gasteiger partial charge in [-0.25, -0.2) is 8.78 Å². The Morgan fingerprint density at radius 3 is 2.46 bits per heavy atom. The van der Waals surface area contributed by atoms with E-state index in [1.807, 2.05) is 49.2 Å². The van der Waals surface area contributed by atoms with Crippen molar-refractivity contribution in [3.05, 3.63) is 83.2 Å². The maximum atomic E-state index is 15.6. The lowest BCUT2D eigenvalue weighted by Crippen LogP contribution is -2.27. The fourth-order valence-electron chi connectivity index (χ4n) is 6.05. The number of aryl methyl sites for hydroxylation is 2. The third-order valence-corrected chi connectivity index (χ3v) is 8.01. The van der Waals surface area contributed by atoms with Crippen LogP contribution >= 0.6 is 0 Å². The smallest absolute Gasteiger partial charge is 0.131 e. The molecule has 1 aliphatic heterocycles. The number of aliphatic hydroxyl groups is 1. The van der Waals surface area contributed by atoms with Crippen LogP contribution in [0.5, 0.6) is 0 Å². The second kappa shape index (κ2) is 9.54. The number of pyridine rings is 1. The molecule has 0 spiro atoms. The van der Waals surface area contributed by atoms with Crippen molar-refractivity contribution in [2.45, 2.75) is 45.3 Å². The van der Waals surface area contributed by atoms with Gasteiger partial charge in [0.15, 0.2) is 0 Å². The average molecular weight is 531 g/mol. The molecule has 0 bridgehead atoms. The van der Waals surface area contributed by atoms with Gasteiger partial charge in [0.25, 0.3) is 0 Å². The fraction of sp³-hybridized carbons (Fsp3) is 0.355. The van der Waals surface area contributed by atoms with Gasteiger partial charge < -0.3 is 14.4 Å². The molecule has 2 aromatic carbocycles. The molecule has 5 aromatic rings. The predicted molar refractivity (Wildman–Crippen MR) is 147 cm³/mol. The van der Waals surface area contributed by atoms with E-state index in [-0.39, 0.29) is 5.92 Å². The Balaban J connectivity index is 1.71. The van der Waals surface area contributed by atoms with Gasteiger partial charge in [0.1, 0.15) is 11.6 Å². The van der Waals surface area contributed by atoms with Crippen molar-refractivity contribution >= 4 is 21.9 Å². The van der Waals surface area contributed by atoms with Crippen molar-refractivity contribution in [2.75, 3.05) is 13.2 Å². The lowest BCUT2D eigenvalue weighted by Gasteiger charge is -2.33. The molecule has 6 rings (SSSR count). The summed E-state index contributed by atoms with van der Waals surface area (Å²) in [4.78, 5) is 4.91. The van der Waals surface area contributed by atoms with Crippen LogP contribution in [0.3, 0.4) is 0 Å². The molecular weight excluding hydrogens is 498 g/mol. The third-order valence-electron chi connectivity index (χ3n) is 8.01. The van der Waals surface area contributed by atoms with E-state index in [1.54, 1.807) is 19.9 Å². The molecule has 0 saturated carbocycles. The van der Waals surface area contributed by atoms with Gasteiger partial charge in [-0.05, 0) is 68.9 Å². The Labute approximate surface area is 225 Å². The van der Waals surface area contributed by atoms with Crippen LogP contribution in [0.1, 0.15) is 49.4 Å². The highest BCUT2D eigenvalue weighted by Crippen LogP contribution is 2.42. The Hall–Kier alpha value is -3.62. The Morgan fingerprint density at radius 1 is 1.03 bits per heavy atom. The number of halogens is 2. The van der Waals surface area contributed by atoms with Crippen LogP contribution in [0.4, 0.5) is 8.78 Å². The average Bonchev–Trinajstić information content (AvgIpc) is 3.41. The molecule has 0 amide bonds. The van der Waals surface area contributed by atoms with Crippen molar-refractivity contribution < 1.29 is 18.6 Å². The first-order valence-corrected chi connectivity index (χ1v) is 13.3. The van der Waals surface area contributed by atoms with Gasteiger partial charge in [-0.2, -0.15) is 5.10 Å². The third kappa shape index (κ3) is 4.41. The van der Waals surface area contributed by atoms with E-state index < -0.39 is 23.3 Å². The van der Waals surface area contributed by atoms with Crippen molar-refractivity contribution in [3.8, 4) is 11.3 Å². The summed E-state index contributed by atoms with van der Waals surface area (Å²) >= 11 is 0. The van der Waals surface area contributed by atoms with Crippen LogP contribution in [0.25, 0.3) is 33.2 Å². The number of hydrogen-bond acceptors (Lipinski definition) is 4. The standard InChI is InChI=1S/C31H32F2N4O2/c1-18-16-35-36(4)29(18)20-13-27-28(34-17-20)24-7-5-21(31(2,3)38)14-26(24)37(27)30(19-9-11-39-12-10-19)23-8-6-22(32)15-25(23)33/h5-8,13-17,19,30,38H,9-12H2,1-4H3. The maximum Gasteiger partial charge on any atom is 0.131 e. The van der Waals surface area contributed by atoms with Gasteiger partial charge in [0, 0.05) is 49.0 Å². The Bertz CT molecular complexity index is 1670. The first kappa shape index (κ1) is 25.6. The monoisotopic (exact) mass is 530 g/mol. The minimum atomic E-state index is -1.07. The molecule has 6 nitrogen and oxygen atoms in total. The molecular formula is C31H32F2N4O2. The van der Waals surface area contributed by atoms with E-state index in [2.05, 4.69) is 15.7 Å². The summed E-state index contributed by atoms with van der Waals surface area (Å²) < 4.78 is 39.3. The van der Waals surface area contributed by atoms with Gasteiger partial charge >= 0.3 is 0 Å². The van der Waals surface area contributed by atoms with Crippen LogP contribution in [0, 0.1) is 24.5 Å². The molecule has 1 saturated heterocycles. The zero-order valence-corrected chi connectivity index (χ0v) is 22.6. The van der Waals surface area contributed by atoms with E-state index in [1.165, 1.54) is 6.07 Å². The van der Waals surface area contributed by atoms with E-state index in [4.69, 9.17) is 9.72 Å². The first-order valence-electron chi connectivity index (χ1n) is 13.3. The van der Waals surface area contributed by atoms with Crippen LogP contribution < -0.4 is 0 Å². The molecule has 1 N–H and O–H groups in total.